The number of carbonyl (C=O) groups excluding carboxylic acids is 1. The molecule has 1 aromatic carbocycles. The van der Waals surface area contributed by atoms with Crippen LogP contribution >= 0.6 is 0 Å². The Bertz CT molecular complexity index is 469. The predicted molar refractivity (Wildman–Crippen MR) is 84.4 cm³/mol. The van der Waals surface area contributed by atoms with E-state index < -0.39 is 0 Å². The second-order valence-corrected chi connectivity index (χ2v) is 5.45. The molecule has 0 spiro atoms. The molecule has 1 unspecified atom stereocenters. The van der Waals surface area contributed by atoms with Gasteiger partial charge in [0.2, 0.25) is 0 Å². The van der Waals surface area contributed by atoms with Crippen molar-refractivity contribution in [2.45, 2.75) is 39.7 Å². The average Bonchev–Trinajstić information content (AvgIpc) is 2.48. The Morgan fingerprint density at radius 3 is 2.50 bits per heavy atom. The first-order chi connectivity index (χ1) is 9.65. The van der Waals surface area contributed by atoms with Gasteiger partial charge in [-0.05, 0) is 31.0 Å². The van der Waals surface area contributed by atoms with Crippen molar-refractivity contribution < 1.29 is 4.79 Å². The van der Waals surface area contributed by atoms with E-state index in [2.05, 4.69) is 36.7 Å². The molecule has 1 aliphatic rings. The quantitative estimate of drug-likeness (QED) is 0.774. The minimum atomic E-state index is 0.0135. The molecule has 1 heterocycles. The van der Waals surface area contributed by atoms with Crippen LogP contribution in [-0.4, -0.2) is 25.0 Å². The number of amides is 1. The first kappa shape index (κ1) is 14.7. The molecule has 1 aromatic rings. The third-order valence-electron chi connectivity index (χ3n) is 4.15. The smallest absolute Gasteiger partial charge is 0.251 e. The number of hydrogen-bond acceptors (Lipinski definition) is 3. The van der Waals surface area contributed by atoms with E-state index in [1.807, 2.05) is 18.2 Å². The molecule has 0 radical (unpaired) electrons. The van der Waals surface area contributed by atoms with Crippen LogP contribution in [0.4, 0.5) is 11.4 Å². The molecule has 0 fully saturated rings. The molecule has 0 saturated carbocycles. The van der Waals surface area contributed by atoms with Crippen molar-refractivity contribution in [3.05, 3.63) is 23.8 Å². The van der Waals surface area contributed by atoms with Crippen molar-refractivity contribution in [2.75, 3.05) is 23.7 Å². The molecule has 1 aliphatic heterocycles. The average molecular weight is 275 g/mol. The highest BCUT2D eigenvalue weighted by Gasteiger charge is 2.18. The summed E-state index contributed by atoms with van der Waals surface area (Å²) in [5.74, 6) is 0.552. The van der Waals surface area contributed by atoms with E-state index in [4.69, 9.17) is 0 Å². The zero-order valence-electron chi connectivity index (χ0n) is 12.6. The van der Waals surface area contributed by atoms with Crippen LogP contribution < -0.4 is 16.0 Å². The third-order valence-corrected chi connectivity index (χ3v) is 4.15. The van der Waals surface area contributed by atoms with E-state index in [-0.39, 0.29) is 11.9 Å². The lowest BCUT2D eigenvalue weighted by Gasteiger charge is -2.23. The molecule has 4 heteroatoms. The summed E-state index contributed by atoms with van der Waals surface area (Å²) >= 11 is 0. The Labute approximate surface area is 121 Å². The maximum atomic E-state index is 12.3. The number of anilines is 2. The van der Waals surface area contributed by atoms with E-state index in [1.54, 1.807) is 0 Å². The zero-order chi connectivity index (χ0) is 14.5. The molecule has 0 bridgehead atoms. The molecule has 0 saturated heterocycles. The topological polar surface area (TPSA) is 53.2 Å². The van der Waals surface area contributed by atoms with Crippen molar-refractivity contribution >= 4 is 17.3 Å². The highest BCUT2D eigenvalue weighted by molar-refractivity contribution is 5.96. The third kappa shape index (κ3) is 3.24. The van der Waals surface area contributed by atoms with Gasteiger partial charge in [-0.2, -0.15) is 0 Å². The SMILES string of the molecule is CCC(CC)C(C)NC(=O)c1ccc2c(c1)NCCN2. The molecule has 4 nitrogen and oxygen atoms in total. The van der Waals surface area contributed by atoms with E-state index in [0.717, 1.165) is 42.9 Å². The van der Waals surface area contributed by atoms with Crippen LogP contribution in [0.3, 0.4) is 0 Å². The number of nitrogens with one attached hydrogen (secondary N) is 3. The van der Waals surface area contributed by atoms with E-state index in [0.29, 0.717) is 5.92 Å². The van der Waals surface area contributed by atoms with Crippen LogP contribution in [0.15, 0.2) is 18.2 Å². The monoisotopic (exact) mass is 275 g/mol. The highest BCUT2D eigenvalue weighted by Crippen LogP contribution is 2.25. The van der Waals surface area contributed by atoms with Gasteiger partial charge in [0.05, 0.1) is 11.4 Å². The number of fused-ring (bicyclic) bond motifs is 1. The summed E-state index contributed by atoms with van der Waals surface area (Å²) in [6.45, 7) is 8.25. The molecule has 20 heavy (non-hydrogen) atoms. The van der Waals surface area contributed by atoms with Gasteiger partial charge in [0.25, 0.3) is 5.91 Å². The summed E-state index contributed by atoms with van der Waals surface area (Å²) in [4.78, 5) is 12.3. The highest BCUT2D eigenvalue weighted by atomic mass is 16.1. The van der Waals surface area contributed by atoms with Gasteiger partial charge < -0.3 is 16.0 Å². The van der Waals surface area contributed by atoms with E-state index in [1.165, 1.54) is 0 Å². The fourth-order valence-electron chi connectivity index (χ4n) is 2.78. The Hall–Kier alpha value is -1.71. The summed E-state index contributed by atoms with van der Waals surface area (Å²) in [6, 6.07) is 5.99. The summed E-state index contributed by atoms with van der Waals surface area (Å²) in [6.07, 6.45) is 2.18. The fraction of sp³-hybridized carbons (Fsp3) is 0.562. The molecule has 0 aliphatic carbocycles. The standard InChI is InChI=1S/C16H25N3O/c1-4-12(5-2)11(3)19-16(20)13-6-7-14-15(10-13)18-9-8-17-14/h6-7,10-12,17-18H,4-5,8-9H2,1-3H3,(H,19,20). The first-order valence-corrected chi connectivity index (χ1v) is 7.58. The van der Waals surface area contributed by atoms with Gasteiger partial charge in [-0.3, -0.25) is 4.79 Å². The van der Waals surface area contributed by atoms with Crippen molar-refractivity contribution in [1.82, 2.24) is 5.32 Å². The molecular formula is C16H25N3O. The van der Waals surface area contributed by atoms with Gasteiger partial charge >= 0.3 is 0 Å². The Morgan fingerprint density at radius 2 is 1.85 bits per heavy atom. The van der Waals surface area contributed by atoms with Crippen LogP contribution in [0.25, 0.3) is 0 Å². The summed E-state index contributed by atoms with van der Waals surface area (Å²) in [5, 5.41) is 9.74. The maximum absolute atomic E-state index is 12.3. The van der Waals surface area contributed by atoms with E-state index in [9.17, 15) is 4.79 Å². The maximum Gasteiger partial charge on any atom is 0.251 e. The Kier molecular flexibility index (Phi) is 4.88. The molecule has 1 atom stereocenters. The lowest BCUT2D eigenvalue weighted by Crippen LogP contribution is -2.37. The van der Waals surface area contributed by atoms with Crippen LogP contribution in [0.2, 0.25) is 0 Å². The molecular weight excluding hydrogens is 250 g/mol. The zero-order valence-corrected chi connectivity index (χ0v) is 12.6. The van der Waals surface area contributed by atoms with Crippen molar-refractivity contribution in [3.63, 3.8) is 0 Å². The Balaban J connectivity index is 2.05. The van der Waals surface area contributed by atoms with Crippen molar-refractivity contribution in [1.29, 1.82) is 0 Å². The molecule has 3 N–H and O–H groups in total. The Morgan fingerprint density at radius 1 is 1.20 bits per heavy atom. The first-order valence-electron chi connectivity index (χ1n) is 7.58. The fourth-order valence-corrected chi connectivity index (χ4v) is 2.78. The predicted octanol–water partition coefficient (Wildman–Crippen LogP) is 3.08. The second-order valence-electron chi connectivity index (χ2n) is 5.45. The van der Waals surface area contributed by atoms with Crippen LogP contribution in [-0.2, 0) is 0 Å². The van der Waals surface area contributed by atoms with Gasteiger partial charge in [0, 0.05) is 24.7 Å². The van der Waals surface area contributed by atoms with Gasteiger partial charge in [-0.15, -0.1) is 0 Å². The number of hydrogen-bond donors (Lipinski definition) is 3. The van der Waals surface area contributed by atoms with Gasteiger partial charge in [0.15, 0.2) is 0 Å². The van der Waals surface area contributed by atoms with E-state index >= 15 is 0 Å². The number of rotatable bonds is 5. The lowest BCUT2D eigenvalue weighted by atomic mass is 9.95. The summed E-state index contributed by atoms with van der Waals surface area (Å²) < 4.78 is 0. The second kappa shape index (κ2) is 6.64. The molecule has 0 aromatic heterocycles. The molecule has 2 rings (SSSR count). The van der Waals surface area contributed by atoms with Gasteiger partial charge in [0.1, 0.15) is 0 Å². The molecule has 1 amide bonds. The minimum Gasteiger partial charge on any atom is -0.382 e. The van der Waals surface area contributed by atoms with Crippen molar-refractivity contribution in [3.8, 4) is 0 Å². The number of benzene rings is 1. The van der Waals surface area contributed by atoms with Crippen LogP contribution in [0, 0.1) is 5.92 Å². The molecule has 110 valence electrons. The summed E-state index contributed by atoms with van der Waals surface area (Å²) in [5.41, 5.74) is 2.80. The minimum absolute atomic E-state index is 0.0135. The van der Waals surface area contributed by atoms with Crippen LogP contribution in [0.5, 0.6) is 0 Å². The van der Waals surface area contributed by atoms with Gasteiger partial charge in [-0.1, -0.05) is 26.7 Å². The van der Waals surface area contributed by atoms with Crippen LogP contribution in [0.1, 0.15) is 44.0 Å². The largest absolute Gasteiger partial charge is 0.382 e. The van der Waals surface area contributed by atoms with Gasteiger partial charge in [-0.25, -0.2) is 0 Å². The normalized spacial score (nSPS) is 15.0. The van der Waals surface area contributed by atoms with Crippen molar-refractivity contribution in [2.24, 2.45) is 5.92 Å². The summed E-state index contributed by atoms with van der Waals surface area (Å²) in [7, 11) is 0. The lowest BCUT2D eigenvalue weighted by molar-refractivity contribution is 0.0925. The number of carbonyl (C=O) groups is 1.